The van der Waals surface area contributed by atoms with Crippen LogP contribution >= 0.6 is 11.6 Å². The molecule has 0 saturated carbocycles. The summed E-state index contributed by atoms with van der Waals surface area (Å²) in [5, 5.41) is 6.62. The minimum absolute atomic E-state index is 0.201. The Morgan fingerprint density at radius 2 is 1.76 bits per heavy atom. The molecule has 2 aromatic carbocycles. The molecular formula is C19H17ClN4O. The molecule has 1 amide bonds. The quantitative estimate of drug-likeness (QED) is 0.707. The molecule has 2 N–H and O–H groups in total. The fraction of sp³-hybridized carbons (Fsp3) is 0.105. The summed E-state index contributed by atoms with van der Waals surface area (Å²) in [6, 6.07) is 17.2. The van der Waals surface area contributed by atoms with E-state index in [0.29, 0.717) is 29.5 Å². The molecule has 0 saturated heterocycles. The second kappa shape index (κ2) is 8.26. The van der Waals surface area contributed by atoms with Crippen LogP contribution in [-0.4, -0.2) is 22.4 Å². The smallest absolute Gasteiger partial charge is 0.254 e. The Morgan fingerprint density at radius 3 is 2.48 bits per heavy atom. The Bertz CT molecular complexity index is 838. The molecule has 0 spiro atoms. The van der Waals surface area contributed by atoms with Crippen molar-refractivity contribution in [1.82, 2.24) is 15.3 Å². The maximum atomic E-state index is 12.1. The van der Waals surface area contributed by atoms with Crippen LogP contribution in [-0.2, 0) is 6.42 Å². The van der Waals surface area contributed by atoms with Crippen LogP contribution in [0.2, 0.25) is 5.02 Å². The average Bonchev–Trinajstić information content (AvgIpc) is 2.63. The van der Waals surface area contributed by atoms with Crippen molar-refractivity contribution >= 4 is 29.1 Å². The van der Waals surface area contributed by atoms with Gasteiger partial charge in [-0.15, -0.1) is 0 Å². The molecule has 1 aromatic heterocycles. The number of amides is 1. The molecule has 3 aromatic rings. The number of carbonyl (C=O) groups is 1. The van der Waals surface area contributed by atoms with Gasteiger partial charge in [-0.3, -0.25) is 4.79 Å². The zero-order valence-electron chi connectivity index (χ0n) is 13.4. The molecule has 126 valence electrons. The van der Waals surface area contributed by atoms with E-state index in [9.17, 15) is 4.79 Å². The second-order valence-corrected chi connectivity index (χ2v) is 5.86. The lowest BCUT2D eigenvalue weighted by Crippen LogP contribution is -2.26. The van der Waals surface area contributed by atoms with E-state index >= 15 is 0 Å². The van der Waals surface area contributed by atoms with Gasteiger partial charge in [-0.2, -0.15) is 0 Å². The molecule has 0 unspecified atom stereocenters. The van der Waals surface area contributed by atoms with Crippen molar-refractivity contribution in [2.75, 3.05) is 11.9 Å². The summed E-state index contributed by atoms with van der Waals surface area (Å²) in [4.78, 5) is 20.5. The molecular weight excluding hydrogens is 336 g/mol. The largest absolute Gasteiger partial charge is 0.352 e. The standard InChI is InChI=1S/C19H17ClN4O/c20-16-6-4-5-14(11-16)9-10-21-18(25)15-12-22-19(23-13-15)24-17-7-2-1-3-8-17/h1-8,11-13H,9-10H2,(H,21,25)(H,22,23,24). The SMILES string of the molecule is O=C(NCCc1cccc(Cl)c1)c1cnc(Nc2ccccc2)nc1. The normalized spacial score (nSPS) is 10.3. The van der Waals surface area contributed by atoms with Crippen molar-refractivity contribution in [2.45, 2.75) is 6.42 Å². The van der Waals surface area contributed by atoms with E-state index in [0.717, 1.165) is 11.3 Å². The Kier molecular flexibility index (Phi) is 5.59. The number of carbonyl (C=O) groups excluding carboxylic acids is 1. The molecule has 5 nitrogen and oxygen atoms in total. The van der Waals surface area contributed by atoms with Crippen molar-refractivity contribution in [1.29, 1.82) is 0 Å². The number of rotatable bonds is 6. The summed E-state index contributed by atoms with van der Waals surface area (Å²) in [6.07, 6.45) is 3.72. The molecule has 6 heteroatoms. The van der Waals surface area contributed by atoms with Crippen LogP contribution in [0, 0.1) is 0 Å². The molecule has 1 heterocycles. The van der Waals surface area contributed by atoms with Crippen LogP contribution in [0.3, 0.4) is 0 Å². The fourth-order valence-electron chi connectivity index (χ4n) is 2.28. The number of hydrogen-bond donors (Lipinski definition) is 2. The molecule has 0 aliphatic heterocycles. The van der Waals surface area contributed by atoms with Crippen molar-refractivity contribution in [3.63, 3.8) is 0 Å². The summed E-state index contributed by atoms with van der Waals surface area (Å²) in [6.45, 7) is 0.517. The van der Waals surface area contributed by atoms with E-state index in [2.05, 4.69) is 20.6 Å². The Morgan fingerprint density at radius 1 is 1.00 bits per heavy atom. The van der Waals surface area contributed by atoms with Gasteiger partial charge in [0.1, 0.15) is 0 Å². The van der Waals surface area contributed by atoms with Gasteiger partial charge >= 0.3 is 0 Å². The fourth-order valence-corrected chi connectivity index (χ4v) is 2.49. The van der Waals surface area contributed by atoms with E-state index in [1.165, 1.54) is 12.4 Å². The van der Waals surface area contributed by atoms with Gasteiger partial charge in [0.2, 0.25) is 5.95 Å². The lowest BCUT2D eigenvalue weighted by Gasteiger charge is -2.07. The van der Waals surface area contributed by atoms with Gasteiger partial charge in [-0.25, -0.2) is 9.97 Å². The third-order valence-corrected chi connectivity index (χ3v) is 3.77. The number of halogens is 1. The Hall–Kier alpha value is -2.92. The maximum Gasteiger partial charge on any atom is 0.254 e. The van der Waals surface area contributed by atoms with E-state index in [1.54, 1.807) is 0 Å². The molecule has 0 aliphatic carbocycles. The Labute approximate surface area is 151 Å². The van der Waals surface area contributed by atoms with Gasteiger partial charge in [-0.1, -0.05) is 41.9 Å². The maximum absolute atomic E-state index is 12.1. The van der Waals surface area contributed by atoms with Gasteiger partial charge < -0.3 is 10.6 Å². The van der Waals surface area contributed by atoms with E-state index in [4.69, 9.17) is 11.6 Å². The van der Waals surface area contributed by atoms with Gasteiger partial charge in [0, 0.05) is 29.6 Å². The minimum atomic E-state index is -0.201. The molecule has 0 atom stereocenters. The minimum Gasteiger partial charge on any atom is -0.352 e. The molecule has 0 aliphatic rings. The van der Waals surface area contributed by atoms with Gasteiger partial charge in [0.15, 0.2) is 0 Å². The molecule has 0 fully saturated rings. The predicted octanol–water partition coefficient (Wildman–Crippen LogP) is 3.85. The zero-order chi connectivity index (χ0) is 17.5. The first-order chi connectivity index (χ1) is 12.2. The first kappa shape index (κ1) is 16.9. The topological polar surface area (TPSA) is 66.9 Å². The number of nitrogens with zero attached hydrogens (tertiary/aromatic N) is 2. The number of aromatic nitrogens is 2. The van der Waals surface area contributed by atoms with Crippen LogP contribution in [0.1, 0.15) is 15.9 Å². The zero-order valence-corrected chi connectivity index (χ0v) is 14.2. The van der Waals surface area contributed by atoms with E-state index in [1.807, 2.05) is 54.6 Å². The first-order valence-corrected chi connectivity index (χ1v) is 8.25. The van der Waals surface area contributed by atoms with Crippen LogP contribution in [0.25, 0.3) is 0 Å². The van der Waals surface area contributed by atoms with Crippen LogP contribution < -0.4 is 10.6 Å². The van der Waals surface area contributed by atoms with E-state index < -0.39 is 0 Å². The number of anilines is 2. The summed E-state index contributed by atoms with van der Waals surface area (Å²) in [7, 11) is 0. The van der Waals surface area contributed by atoms with Crippen molar-refractivity contribution in [3.8, 4) is 0 Å². The van der Waals surface area contributed by atoms with Gasteiger partial charge in [0.25, 0.3) is 5.91 Å². The van der Waals surface area contributed by atoms with Crippen molar-refractivity contribution < 1.29 is 4.79 Å². The third-order valence-electron chi connectivity index (χ3n) is 3.53. The highest BCUT2D eigenvalue weighted by molar-refractivity contribution is 6.30. The summed E-state index contributed by atoms with van der Waals surface area (Å²) < 4.78 is 0. The highest BCUT2D eigenvalue weighted by Crippen LogP contribution is 2.12. The second-order valence-electron chi connectivity index (χ2n) is 5.42. The molecule has 3 rings (SSSR count). The monoisotopic (exact) mass is 352 g/mol. The highest BCUT2D eigenvalue weighted by atomic mass is 35.5. The highest BCUT2D eigenvalue weighted by Gasteiger charge is 2.07. The Balaban J connectivity index is 1.52. The van der Waals surface area contributed by atoms with Crippen molar-refractivity contribution in [3.05, 3.63) is 83.1 Å². The number of benzene rings is 2. The first-order valence-electron chi connectivity index (χ1n) is 7.87. The molecule has 0 bridgehead atoms. The molecule has 25 heavy (non-hydrogen) atoms. The van der Waals surface area contributed by atoms with Gasteiger partial charge in [0.05, 0.1) is 5.56 Å². The third kappa shape index (κ3) is 5.02. The van der Waals surface area contributed by atoms with E-state index in [-0.39, 0.29) is 5.91 Å². The number of nitrogens with one attached hydrogen (secondary N) is 2. The van der Waals surface area contributed by atoms with Gasteiger partial charge in [-0.05, 0) is 36.2 Å². The summed E-state index contributed by atoms with van der Waals surface area (Å²) >= 11 is 5.95. The summed E-state index contributed by atoms with van der Waals surface area (Å²) in [5.41, 5.74) is 2.39. The van der Waals surface area contributed by atoms with Crippen LogP contribution in [0.4, 0.5) is 11.6 Å². The van der Waals surface area contributed by atoms with Crippen LogP contribution in [0.5, 0.6) is 0 Å². The summed E-state index contributed by atoms with van der Waals surface area (Å²) in [5.74, 6) is 0.245. The average molecular weight is 353 g/mol. The molecule has 0 radical (unpaired) electrons. The van der Waals surface area contributed by atoms with Crippen LogP contribution in [0.15, 0.2) is 67.0 Å². The number of hydrogen-bond acceptors (Lipinski definition) is 4. The van der Waals surface area contributed by atoms with Crippen molar-refractivity contribution in [2.24, 2.45) is 0 Å². The predicted molar refractivity (Wildman–Crippen MR) is 99.2 cm³/mol. The lowest BCUT2D eigenvalue weighted by molar-refractivity contribution is 0.0953. The lowest BCUT2D eigenvalue weighted by atomic mass is 10.1. The number of para-hydroxylation sites is 1.